The summed E-state index contributed by atoms with van der Waals surface area (Å²) in [6.07, 6.45) is 1.74. The van der Waals surface area contributed by atoms with Crippen LogP contribution in [0.25, 0.3) is 0 Å². The van der Waals surface area contributed by atoms with E-state index in [1.165, 1.54) is 12.1 Å². The Morgan fingerprint density at radius 2 is 2.00 bits per heavy atom. The fourth-order valence-electron chi connectivity index (χ4n) is 1.74. The summed E-state index contributed by atoms with van der Waals surface area (Å²) < 4.78 is 0. The fourth-order valence-corrected chi connectivity index (χ4v) is 1.74. The highest BCUT2D eigenvalue weighted by Gasteiger charge is 2.07. The van der Waals surface area contributed by atoms with E-state index in [9.17, 15) is 14.9 Å². The van der Waals surface area contributed by atoms with Gasteiger partial charge in [0.15, 0.2) is 0 Å². The van der Waals surface area contributed by atoms with Gasteiger partial charge in [0.2, 0.25) is 5.91 Å². The lowest BCUT2D eigenvalue weighted by Gasteiger charge is -2.02. The van der Waals surface area contributed by atoms with Crippen LogP contribution in [0.2, 0.25) is 0 Å². The standard InChI is InChI=1S/C15H14N4O3/c1-11(14-4-2-3-9-16-14)17-18-15(20)10-12-5-7-13(8-6-12)19(21)22/h2-9H,10H2,1H3,(H,18,20)/b17-11+. The first-order valence-electron chi connectivity index (χ1n) is 6.54. The van der Waals surface area contributed by atoms with E-state index in [0.29, 0.717) is 17.0 Å². The molecule has 0 saturated heterocycles. The van der Waals surface area contributed by atoms with E-state index in [1.807, 2.05) is 6.07 Å². The summed E-state index contributed by atoms with van der Waals surface area (Å²) in [4.78, 5) is 26.0. The lowest BCUT2D eigenvalue weighted by molar-refractivity contribution is -0.384. The molecule has 1 heterocycles. The molecule has 0 saturated carbocycles. The second-order valence-corrected chi connectivity index (χ2v) is 4.55. The van der Waals surface area contributed by atoms with Gasteiger partial charge in [0.1, 0.15) is 0 Å². The number of benzene rings is 1. The van der Waals surface area contributed by atoms with Crippen LogP contribution in [0.4, 0.5) is 5.69 Å². The molecule has 112 valence electrons. The summed E-state index contributed by atoms with van der Waals surface area (Å²) in [6.45, 7) is 1.74. The van der Waals surface area contributed by atoms with Gasteiger partial charge in [-0.25, -0.2) is 5.43 Å². The van der Waals surface area contributed by atoms with Crippen molar-refractivity contribution in [2.24, 2.45) is 5.10 Å². The van der Waals surface area contributed by atoms with Gasteiger partial charge in [-0.05, 0) is 24.6 Å². The van der Waals surface area contributed by atoms with Gasteiger partial charge < -0.3 is 0 Å². The van der Waals surface area contributed by atoms with Crippen LogP contribution in [0.15, 0.2) is 53.8 Å². The summed E-state index contributed by atoms with van der Waals surface area (Å²) in [5.74, 6) is -0.302. The van der Waals surface area contributed by atoms with Crippen molar-refractivity contribution >= 4 is 17.3 Å². The number of nitrogens with one attached hydrogen (secondary N) is 1. The molecule has 0 fully saturated rings. The minimum atomic E-state index is -0.482. The molecule has 1 aromatic heterocycles. The van der Waals surface area contributed by atoms with Gasteiger partial charge in [-0.2, -0.15) is 5.10 Å². The van der Waals surface area contributed by atoms with Crippen LogP contribution < -0.4 is 5.43 Å². The van der Waals surface area contributed by atoms with Gasteiger partial charge in [-0.1, -0.05) is 18.2 Å². The van der Waals surface area contributed by atoms with Crippen LogP contribution >= 0.6 is 0 Å². The zero-order valence-electron chi connectivity index (χ0n) is 11.9. The average molecular weight is 298 g/mol. The Hall–Kier alpha value is -3.09. The number of carbonyl (C=O) groups is 1. The second-order valence-electron chi connectivity index (χ2n) is 4.55. The van der Waals surface area contributed by atoms with E-state index in [-0.39, 0.29) is 18.0 Å². The molecule has 1 amide bonds. The number of aromatic nitrogens is 1. The number of pyridine rings is 1. The van der Waals surface area contributed by atoms with Gasteiger partial charge in [-0.3, -0.25) is 19.9 Å². The van der Waals surface area contributed by atoms with Crippen molar-refractivity contribution in [3.8, 4) is 0 Å². The third-order valence-electron chi connectivity index (χ3n) is 2.90. The van der Waals surface area contributed by atoms with Gasteiger partial charge in [0, 0.05) is 18.3 Å². The maximum absolute atomic E-state index is 11.8. The molecule has 2 rings (SSSR count). The lowest BCUT2D eigenvalue weighted by atomic mass is 10.1. The van der Waals surface area contributed by atoms with Crippen LogP contribution in [0, 0.1) is 10.1 Å². The summed E-state index contributed by atoms with van der Waals surface area (Å²) in [6, 6.07) is 11.3. The van der Waals surface area contributed by atoms with Crippen molar-refractivity contribution in [3.05, 3.63) is 70.0 Å². The van der Waals surface area contributed by atoms with Crippen LogP contribution in [0.5, 0.6) is 0 Å². The first-order chi connectivity index (χ1) is 10.6. The smallest absolute Gasteiger partial charge is 0.269 e. The van der Waals surface area contributed by atoms with Crippen LogP contribution in [0.3, 0.4) is 0 Å². The SMILES string of the molecule is C/C(=N\NC(=O)Cc1ccc([N+](=O)[O-])cc1)c1ccccn1. The Morgan fingerprint density at radius 3 is 2.59 bits per heavy atom. The second kappa shape index (κ2) is 7.07. The van der Waals surface area contributed by atoms with Gasteiger partial charge in [0.25, 0.3) is 5.69 Å². The van der Waals surface area contributed by atoms with Crippen molar-refractivity contribution in [1.29, 1.82) is 0 Å². The molecular formula is C15H14N4O3. The molecule has 0 aliphatic heterocycles. The van der Waals surface area contributed by atoms with Crippen molar-refractivity contribution in [3.63, 3.8) is 0 Å². The van der Waals surface area contributed by atoms with E-state index >= 15 is 0 Å². The third-order valence-corrected chi connectivity index (χ3v) is 2.90. The molecule has 1 N–H and O–H groups in total. The molecule has 1 aromatic carbocycles. The summed E-state index contributed by atoms with van der Waals surface area (Å²) in [5, 5.41) is 14.5. The monoisotopic (exact) mass is 298 g/mol. The van der Waals surface area contributed by atoms with Crippen molar-refractivity contribution in [2.45, 2.75) is 13.3 Å². The Kier molecular flexibility index (Phi) is 4.92. The maximum Gasteiger partial charge on any atom is 0.269 e. The number of nitro groups is 1. The normalized spacial score (nSPS) is 11.0. The number of hydrogen-bond donors (Lipinski definition) is 1. The Bertz CT molecular complexity index is 696. The van der Waals surface area contributed by atoms with E-state index in [4.69, 9.17) is 0 Å². The fraction of sp³-hybridized carbons (Fsp3) is 0.133. The predicted octanol–water partition coefficient (Wildman–Crippen LogP) is 2.07. The first kappa shape index (κ1) is 15.3. The molecule has 0 aliphatic rings. The van der Waals surface area contributed by atoms with E-state index < -0.39 is 4.92 Å². The van der Waals surface area contributed by atoms with Crippen molar-refractivity contribution in [1.82, 2.24) is 10.4 Å². The number of hydrazone groups is 1. The molecule has 0 bridgehead atoms. The zero-order valence-corrected chi connectivity index (χ0v) is 11.9. The number of nitro benzene ring substituents is 1. The molecule has 0 radical (unpaired) electrons. The summed E-state index contributed by atoms with van der Waals surface area (Å²) in [7, 11) is 0. The van der Waals surface area contributed by atoms with Crippen molar-refractivity contribution < 1.29 is 9.72 Å². The molecule has 0 atom stereocenters. The molecular weight excluding hydrogens is 284 g/mol. The largest absolute Gasteiger partial charge is 0.273 e. The number of amides is 1. The molecule has 0 spiro atoms. The average Bonchev–Trinajstić information content (AvgIpc) is 2.54. The number of hydrogen-bond acceptors (Lipinski definition) is 5. The topological polar surface area (TPSA) is 97.5 Å². The quantitative estimate of drug-likeness (QED) is 0.519. The minimum Gasteiger partial charge on any atom is -0.273 e. The van der Waals surface area contributed by atoms with Crippen molar-refractivity contribution in [2.75, 3.05) is 0 Å². The van der Waals surface area contributed by atoms with Crippen LogP contribution in [-0.4, -0.2) is 21.5 Å². The Morgan fingerprint density at radius 1 is 1.27 bits per heavy atom. The first-order valence-corrected chi connectivity index (χ1v) is 6.54. The summed E-state index contributed by atoms with van der Waals surface area (Å²) >= 11 is 0. The van der Waals surface area contributed by atoms with Gasteiger partial charge >= 0.3 is 0 Å². The minimum absolute atomic E-state index is 0.00632. The molecule has 2 aromatic rings. The van der Waals surface area contributed by atoms with Gasteiger partial charge in [-0.15, -0.1) is 0 Å². The van der Waals surface area contributed by atoms with E-state index in [2.05, 4.69) is 15.5 Å². The number of carbonyl (C=O) groups excluding carboxylic acids is 1. The zero-order chi connectivity index (χ0) is 15.9. The molecule has 7 heteroatoms. The van der Waals surface area contributed by atoms with E-state index in [1.54, 1.807) is 37.4 Å². The molecule has 22 heavy (non-hydrogen) atoms. The highest BCUT2D eigenvalue weighted by atomic mass is 16.6. The van der Waals surface area contributed by atoms with E-state index in [0.717, 1.165) is 0 Å². The highest BCUT2D eigenvalue weighted by Crippen LogP contribution is 2.12. The predicted molar refractivity (Wildman–Crippen MR) is 81.4 cm³/mol. The van der Waals surface area contributed by atoms with Crippen LogP contribution in [0.1, 0.15) is 18.2 Å². The molecule has 0 unspecified atom stereocenters. The number of non-ortho nitro benzene ring substituents is 1. The number of rotatable bonds is 5. The molecule has 0 aliphatic carbocycles. The van der Waals surface area contributed by atoms with Crippen LogP contribution in [-0.2, 0) is 11.2 Å². The summed E-state index contributed by atoms with van der Waals surface area (Å²) in [5.41, 5.74) is 4.38. The Labute approximate surface area is 126 Å². The molecule has 7 nitrogen and oxygen atoms in total. The maximum atomic E-state index is 11.8. The number of nitrogens with zero attached hydrogens (tertiary/aromatic N) is 3. The Balaban J connectivity index is 1.94. The third kappa shape index (κ3) is 4.20. The lowest BCUT2D eigenvalue weighted by Crippen LogP contribution is -2.21. The highest BCUT2D eigenvalue weighted by molar-refractivity contribution is 5.97. The van der Waals surface area contributed by atoms with Gasteiger partial charge in [0.05, 0.1) is 22.7 Å².